The molecule has 0 spiro atoms. The molecule has 0 amide bonds. The van der Waals surface area contributed by atoms with Gasteiger partial charge in [-0.1, -0.05) is 0 Å². The predicted octanol–water partition coefficient (Wildman–Crippen LogP) is 1.53. The van der Waals surface area contributed by atoms with Crippen molar-refractivity contribution in [2.24, 2.45) is 17.8 Å². The van der Waals surface area contributed by atoms with E-state index in [4.69, 9.17) is 15.7 Å². The van der Waals surface area contributed by atoms with Crippen molar-refractivity contribution in [2.45, 2.75) is 44.2 Å². The largest absolute Gasteiger partial charge is 0.389 e. The Morgan fingerprint density at radius 3 is 2.40 bits per heavy atom. The molecule has 2 aliphatic carbocycles. The zero-order chi connectivity index (χ0) is 20.6. The Kier molecular flexibility index (Phi) is 3.90. The van der Waals surface area contributed by atoms with E-state index in [0.29, 0.717) is 23.8 Å². The second kappa shape index (κ2) is 6.34. The number of nitrogens with two attached hydrogens (primary N) is 1. The lowest BCUT2D eigenvalue weighted by Crippen LogP contribution is -2.38. The van der Waals surface area contributed by atoms with Gasteiger partial charge in [-0.2, -0.15) is 0 Å². The van der Waals surface area contributed by atoms with Crippen molar-refractivity contribution in [1.82, 2.24) is 24.8 Å². The molecule has 7 rings (SSSR count). The minimum atomic E-state index is -0.646. The molecule has 5 heterocycles. The Hall–Kier alpha value is -2.32. The molecule has 2 aromatic heterocycles. The van der Waals surface area contributed by atoms with E-state index in [0.717, 1.165) is 55.0 Å². The van der Waals surface area contributed by atoms with Crippen LogP contribution < -0.4 is 10.6 Å². The van der Waals surface area contributed by atoms with E-state index in [1.165, 1.54) is 12.8 Å². The smallest absolute Gasteiger partial charge is 0.226 e. The molecule has 0 radical (unpaired) electrons. The molecule has 3 aliphatic heterocycles. The zero-order valence-corrected chi connectivity index (χ0v) is 17.6. The molecule has 0 unspecified atom stereocenters. The van der Waals surface area contributed by atoms with Gasteiger partial charge in [0, 0.05) is 56.1 Å². The van der Waals surface area contributed by atoms with Gasteiger partial charge in [0.15, 0.2) is 0 Å². The highest BCUT2D eigenvalue weighted by Gasteiger charge is 2.57. The number of likely N-dealkylation sites (tertiary alicyclic amines) is 1. The van der Waals surface area contributed by atoms with Crippen LogP contribution in [0.4, 0.5) is 11.9 Å². The third-order valence-corrected chi connectivity index (χ3v) is 7.29. The summed E-state index contributed by atoms with van der Waals surface area (Å²) in [4.78, 5) is 23.1. The summed E-state index contributed by atoms with van der Waals surface area (Å²) in [6.07, 6.45) is 6.05. The first-order valence-corrected chi connectivity index (χ1v) is 11.0. The van der Waals surface area contributed by atoms with Crippen molar-refractivity contribution in [3.63, 3.8) is 0 Å². The van der Waals surface area contributed by atoms with E-state index < -0.39 is 5.60 Å². The zero-order valence-electron chi connectivity index (χ0n) is 17.6. The minimum absolute atomic E-state index is 0.275. The predicted molar refractivity (Wildman–Crippen MR) is 114 cm³/mol. The van der Waals surface area contributed by atoms with Gasteiger partial charge < -0.3 is 15.7 Å². The van der Waals surface area contributed by atoms with Gasteiger partial charge in [0.1, 0.15) is 0 Å². The highest BCUT2D eigenvalue weighted by molar-refractivity contribution is 5.61. The van der Waals surface area contributed by atoms with E-state index in [-0.39, 0.29) is 5.95 Å². The van der Waals surface area contributed by atoms with Crippen LogP contribution in [0.15, 0.2) is 18.5 Å². The molecule has 3 N–H and O–H groups in total. The van der Waals surface area contributed by atoms with Crippen LogP contribution in [0.25, 0.3) is 11.3 Å². The van der Waals surface area contributed by atoms with Gasteiger partial charge in [-0.25, -0.2) is 19.9 Å². The van der Waals surface area contributed by atoms with Crippen molar-refractivity contribution in [3.05, 3.63) is 24.2 Å². The summed E-state index contributed by atoms with van der Waals surface area (Å²) in [7, 11) is 0. The van der Waals surface area contributed by atoms with Crippen LogP contribution in [0.5, 0.6) is 0 Å². The second-order valence-electron chi connectivity index (χ2n) is 10.3. The van der Waals surface area contributed by atoms with Crippen molar-refractivity contribution in [1.29, 1.82) is 0 Å². The van der Waals surface area contributed by atoms with E-state index >= 15 is 0 Å². The molecule has 30 heavy (non-hydrogen) atoms. The summed E-state index contributed by atoms with van der Waals surface area (Å²) < 4.78 is 0. The summed E-state index contributed by atoms with van der Waals surface area (Å²) in [6, 6.07) is 2.73. The number of rotatable bonds is 5. The number of aliphatic hydroxyl groups is 1. The Bertz CT molecular complexity index is 954. The Morgan fingerprint density at radius 2 is 1.80 bits per heavy atom. The average molecular weight is 408 g/mol. The number of hydrogen-bond donors (Lipinski definition) is 2. The first kappa shape index (κ1) is 18.4. The number of nitrogens with zero attached hydrogens (tertiary/aromatic N) is 6. The Labute approximate surface area is 176 Å². The number of anilines is 2. The second-order valence-corrected chi connectivity index (χ2v) is 10.3. The van der Waals surface area contributed by atoms with Crippen LogP contribution in [0, 0.1) is 17.8 Å². The molecule has 3 saturated heterocycles. The quantitative estimate of drug-likeness (QED) is 0.769. The maximum absolute atomic E-state index is 10.1. The van der Waals surface area contributed by atoms with E-state index in [9.17, 15) is 5.11 Å². The summed E-state index contributed by atoms with van der Waals surface area (Å²) in [5.74, 6) is 3.67. The maximum Gasteiger partial charge on any atom is 0.226 e. The van der Waals surface area contributed by atoms with Crippen LogP contribution >= 0.6 is 0 Å². The summed E-state index contributed by atoms with van der Waals surface area (Å²) in [5, 5.41) is 10.1. The highest BCUT2D eigenvalue weighted by Crippen LogP contribution is 2.58. The topological polar surface area (TPSA) is 104 Å². The van der Waals surface area contributed by atoms with Gasteiger partial charge >= 0.3 is 0 Å². The Balaban J connectivity index is 1.29. The number of fused-ring (bicyclic) bond motifs is 2. The SMILES string of the molecule is CC(C)(O)CN1C[C@@H]2[C@H](C1)[C@H]2c1cc(-c2cnc(N)nc2)nc(N2CC3CC2C3)n1. The Morgan fingerprint density at radius 1 is 1.10 bits per heavy atom. The van der Waals surface area contributed by atoms with Crippen LogP contribution in [0.3, 0.4) is 0 Å². The monoisotopic (exact) mass is 407 g/mol. The van der Waals surface area contributed by atoms with Crippen molar-refractivity contribution >= 4 is 11.9 Å². The lowest BCUT2D eigenvalue weighted by molar-refractivity contribution is 0.0398. The molecule has 158 valence electrons. The molecule has 8 nitrogen and oxygen atoms in total. The molecule has 5 aliphatic rings. The van der Waals surface area contributed by atoms with Crippen LogP contribution in [0.1, 0.15) is 38.3 Å². The van der Waals surface area contributed by atoms with Crippen LogP contribution in [0.2, 0.25) is 0 Å². The number of β-amino-alcohol motifs (C(OH)–C–C–N with tert-alkyl or cyclic N) is 1. The van der Waals surface area contributed by atoms with Crippen molar-refractivity contribution < 1.29 is 5.11 Å². The molecule has 8 heteroatoms. The van der Waals surface area contributed by atoms with E-state index in [2.05, 4.69) is 25.8 Å². The van der Waals surface area contributed by atoms with Crippen molar-refractivity contribution in [2.75, 3.05) is 36.8 Å². The average Bonchev–Trinajstić information content (AvgIpc) is 3.06. The fourth-order valence-electron chi connectivity index (χ4n) is 5.88. The van der Waals surface area contributed by atoms with Crippen LogP contribution in [-0.4, -0.2) is 67.8 Å². The molecule has 0 aromatic carbocycles. The van der Waals surface area contributed by atoms with Gasteiger partial charge in [0.2, 0.25) is 11.9 Å². The van der Waals surface area contributed by atoms with Gasteiger partial charge in [-0.05, 0) is 50.5 Å². The first-order chi connectivity index (χ1) is 14.3. The number of nitrogen functional groups attached to an aromatic ring is 1. The van der Waals surface area contributed by atoms with Crippen molar-refractivity contribution in [3.8, 4) is 11.3 Å². The third kappa shape index (κ3) is 3.13. The number of hydrogen-bond acceptors (Lipinski definition) is 8. The fourth-order valence-corrected chi connectivity index (χ4v) is 5.88. The molecule has 2 saturated carbocycles. The van der Waals surface area contributed by atoms with E-state index in [1.54, 1.807) is 12.4 Å². The normalized spacial score (nSPS) is 32.2. The summed E-state index contributed by atoms with van der Waals surface area (Å²) >= 11 is 0. The van der Waals surface area contributed by atoms with E-state index in [1.807, 2.05) is 13.8 Å². The molecule has 5 fully saturated rings. The molecule has 3 atom stereocenters. The van der Waals surface area contributed by atoms with Gasteiger partial charge in [-0.3, -0.25) is 4.90 Å². The standard InChI is InChI=1S/C22H29N7O/c1-22(2,30)11-28-9-15-16(10-28)19(15)18-5-17(13-6-24-20(23)25-7-13)26-21(27-18)29-8-12-3-14(29)4-12/h5-7,12,14-16,19,30H,3-4,8-11H2,1-2H3,(H2,23,24,25)/t12?,14?,15-,16+,19+. The minimum Gasteiger partial charge on any atom is -0.389 e. The summed E-state index contributed by atoms with van der Waals surface area (Å²) in [5.41, 5.74) is 7.95. The lowest BCUT2D eigenvalue weighted by atomic mass is 9.86. The van der Waals surface area contributed by atoms with Gasteiger partial charge in [-0.15, -0.1) is 0 Å². The van der Waals surface area contributed by atoms with Crippen LogP contribution in [-0.2, 0) is 0 Å². The number of aromatic nitrogens is 4. The lowest BCUT2D eigenvalue weighted by Gasteiger charge is -2.27. The molecule has 2 aromatic rings. The highest BCUT2D eigenvalue weighted by atomic mass is 16.3. The van der Waals surface area contributed by atoms with Gasteiger partial charge in [0.25, 0.3) is 0 Å². The first-order valence-electron chi connectivity index (χ1n) is 11.0. The number of piperidine rings is 1. The molecule has 2 bridgehead atoms. The fraction of sp³-hybridized carbons (Fsp3) is 0.636. The summed E-state index contributed by atoms with van der Waals surface area (Å²) in [6.45, 7) is 7.64. The molecular formula is C22H29N7O. The third-order valence-electron chi connectivity index (χ3n) is 7.29. The molecular weight excluding hydrogens is 378 g/mol. The maximum atomic E-state index is 10.1. The van der Waals surface area contributed by atoms with Gasteiger partial charge in [0.05, 0.1) is 17.0 Å².